The average molecular weight is 391 g/mol. The SMILES string of the molecule is O=C(NCCO)c1cc2c(s1)CCOC21CCN(c2ccncc2F)CC1. The highest BCUT2D eigenvalue weighted by molar-refractivity contribution is 7.14. The summed E-state index contributed by atoms with van der Waals surface area (Å²) in [5.41, 5.74) is 1.27. The van der Waals surface area contributed by atoms with Gasteiger partial charge in [-0.1, -0.05) is 0 Å². The van der Waals surface area contributed by atoms with Crippen molar-refractivity contribution < 1.29 is 19.0 Å². The number of thiophene rings is 1. The average Bonchev–Trinajstić information content (AvgIpc) is 3.14. The summed E-state index contributed by atoms with van der Waals surface area (Å²) in [5.74, 6) is -0.466. The number of rotatable bonds is 4. The molecule has 0 unspecified atom stereocenters. The third-order valence-corrected chi connectivity index (χ3v) is 6.48. The van der Waals surface area contributed by atoms with Gasteiger partial charge in [0.1, 0.15) is 0 Å². The van der Waals surface area contributed by atoms with E-state index in [1.807, 2.05) is 11.0 Å². The Labute approximate surface area is 161 Å². The van der Waals surface area contributed by atoms with Crippen LogP contribution in [0.15, 0.2) is 24.5 Å². The van der Waals surface area contributed by atoms with Crippen molar-refractivity contribution in [3.05, 3.63) is 45.7 Å². The summed E-state index contributed by atoms with van der Waals surface area (Å²) in [6.45, 7) is 2.17. The maximum atomic E-state index is 14.0. The van der Waals surface area contributed by atoms with Crippen LogP contribution in [-0.4, -0.2) is 48.8 Å². The first-order valence-electron chi connectivity index (χ1n) is 9.14. The summed E-state index contributed by atoms with van der Waals surface area (Å²) in [7, 11) is 0. The van der Waals surface area contributed by atoms with E-state index < -0.39 is 5.60 Å². The predicted molar refractivity (Wildman–Crippen MR) is 101 cm³/mol. The van der Waals surface area contributed by atoms with Crippen LogP contribution in [-0.2, 0) is 16.8 Å². The molecule has 0 aromatic carbocycles. The van der Waals surface area contributed by atoms with Crippen molar-refractivity contribution >= 4 is 22.9 Å². The van der Waals surface area contributed by atoms with Crippen molar-refractivity contribution in [2.45, 2.75) is 24.9 Å². The van der Waals surface area contributed by atoms with Crippen LogP contribution in [0.4, 0.5) is 10.1 Å². The van der Waals surface area contributed by atoms with Gasteiger partial charge in [-0.05, 0) is 30.5 Å². The molecule has 1 saturated heterocycles. The molecule has 0 radical (unpaired) electrons. The molecule has 2 aliphatic rings. The number of carbonyl (C=O) groups excluding carboxylic acids is 1. The fourth-order valence-electron chi connectivity index (χ4n) is 3.93. The Morgan fingerprint density at radius 3 is 3.00 bits per heavy atom. The molecule has 0 bridgehead atoms. The molecular formula is C19H22FN3O3S. The molecule has 27 heavy (non-hydrogen) atoms. The second kappa shape index (κ2) is 7.53. The van der Waals surface area contributed by atoms with Crippen LogP contribution in [0, 0.1) is 5.82 Å². The summed E-state index contributed by atoms with van der Waals surface area (Å²) >= 11 is 1.51. The lowest BCUT2D eigenvalue weighted by Gasteiger charge is -2.44. The van der Waals surface area contributed by atoms with Gasteiger partial charge in [-0.3, -0.25) is 9.78 Å². The molecule has 2 aromatic heterocycles. The summed E-state index contributed by atoms with van der Waals surface area (Å²) in [6, 6.07) is 3.64. The largest absolute Gasteiger partial charge is 0.395 e. The number of nitrogens with zero attached hydrogens (tertiary/aromatic N) is 2. The Kier molecular flexibility index (Phi) is 5.12. The highest BCUT2D eigenvalue weighted by Crippen LogP contribution is 2.45. The van der Waals surface area contributed by atoms with Crippen LogP contribution in [0.3, 0.4) is 0 Å². The van der Waals surface area contributed by atoms with Crippen LogP contribution in [0.1, 0.15) is 33.0 Å². The third kappa shape index (κ3) is 3.44. The van der Waals surface area contributed by atoms with Crippen LogP contribution in [0.5, 0.6) is 0 Å². The number of pyridine rings is 1. The number of hydrogen-bond donors (Lipinski definition) is 2. The second-order valence-electron chi connectivity index (χ2n) is 6.83. The number of piperidine rings is 1. The maximum absolute atomic E-state index is 14.0. The molecule has 6 nitrogen and oxygen atoms in total. The Hall–Kier alpha value is -2.03. The topological polar surface area (TPSA) is 74.7 Å². The zero-order valence-electron chi connectivity index (χ0n) is 14.9. The van der Waals surface area contributed by atoms with E-state index in [-0.39, 0.29) is 24.9 Å². The minimum Gasteiger partial charge on any atom is -0.395 e. The molecule has 1 spiro atoms. The van der Waals surface area contributed by atoms with Gasteiger partial charge in [0.25, 0.3) is 5.91 Å². The lowest BCUT2D eigenvalue weighted by atomic mass is 9.82. The van der Waals surface area contributed by atoms with E-state index in [0.29, 0.717) is 30.3 Å². The Morgan fingerprint density at radius 1 is 1.44 bits per heavy atom. The van der Waals surface area contributed by atoms with Gasteiger partial charge < -0.3 is 20.1 Å². The third-order valence-electron chi connectivity index (χ3n) is 5.29. The molecule has 1 amide bonds. The Bertz CT molecular complexity index is 833. The molecule has 0 aliphatic carbocycles. The molecule has 4 rings (SSSR count). The van der Waals surface area contributed by atoms with E-state index in [1.54, 1.807) is 12.3 Å². The van der Waals surface area contributed by atoms with Gasteiger partial charge >= 0.3 is 0 Å². The highest BCUT2D eigenvalue weighted by Gasteiger charge is 2.42. The van der Waals surface area contributed by atoms with Gasteiger partial charge in [0.2, 0.25) is 0 Å². The number of amides is 1. The van der Waals surface area contributed by atoms with Crippen LogP contribution in [0.2, 0.25) is 0 Å². The molecule has 8 heteroatoms. The summed E-state index contributed by atoms with van der Waals surface area (Å²) in [4.78, 5) is 19.9. The zero-order chi connectivity index (χ0) is 18.9. The smallest absolute Gasteiger partial charge is 0.261 e. The van der Waals surface area contributed by atoms with Gasteiger partial charge in [-0.25, -0.2) is 4.39 Å². The molecular weight excluding hydrogens is 369 g/mol. The van der Waals surface area contributed by atoms with Gasteiger partial charge in [-0.15, -0.1) is 11.3 Å². The number of aliphatic hydroxyl groups is 1. The fourth-order valence-corrected chi connectivity index (χ4v) is 5.08. The summed E-state index contributed by atoms with van der Waals surface area (Å²) in [6.07, 6.45) is 5.14. The number of carbonyl (C=O) groups is 1. The number of aromatic nitrogens is 1. The van der Waals surface area contributed by atoms with Gasteiger partial charge in [0.15, 0.2) is 5.82 Å². The number of halogens is 1. The second-order valence-corrected chi connectivity index (χ2v) is 7.97. The molecule has 0 saturated carbocycles. The van der Waals surface area contributed by atoms with E-state index >= 15 is 0 Å². The zero-order valence-corrected chi connectivity index (χ0v) is 15.7. The highest BCUT2D eigenvalue weighted by atomic mass is 32.1. The molecule has 2 N–H and O–H groups in total. The van der Waals surface area contributed by atoms with E-state index in [4.69, 9.17) is 9.84 Å². The molecule has 0 atom stereocenters. The van der Waals surface area contributed by atoms with E-state index in [1.165, 1.54) is 22.4 Å². The minimum atomic E-state index is -0.403. The minimum absolute atomic E-state index is 0.0781. The first-order valence-corrected chi connectivity index (χ1v) is 9.95. The number of hydrogen-bond acceptors (Lipinski definition) is 6. The molecule has 4 heterocycles. The number of aliphatic hydroxyl groups excluding tert-OH is 1. The number of anilines is 1. The quantitative estimate of drug-likeness (QED) is 0.835. The number of ether oxygens (including phenoxy) is 1. The van der Waals surface area contributed by atoms with Gasteiger partial charge in [0.05, 0.1) is 35.6 Å². The maximum Gasteiger partial charge on any atom is 0.261 e. The van der Waals surface area contributed by atoms with Crippen molar-refractivity contribution in [3.63, 3.8) is 0 Å². The van der Waals surface area contributed by atoms with E-state index in [2.05, 4.69) is 10.3 Å². The van der Waals surface area contributed by atoms with Crippen molar-refractivity contribution in [2.75, 3.05) is 37.7 Å². The Balaban J connectivity index is 1.54. The van der Waals surface area contributed by atoms with Crippen LogP contribution < -0.4 is 10.2 Å². The lowest BCUT2D eigenvalue weighted by Crippen LogP contribution is -2.46. The van der Waals surface area contributed by atoms with Gasteiger partial charge in [0, 0.05) is 37.1 Å². The molecule has 1 fully saturated rings. The standard InChI is InChI=1S/C19H22FN3O3S/c20-14-12-21-5-1-15(14)23-7-3-19(4-8-23)13-11-17(18(25)22-6-9-24)27-16(13)2-10-26-19/h1,5,11-12,24H,2-4,6-10H2,(H,22,25). The molecule has 144 valence electrons. The lowest BCUT2D eigenvalue weighted by molar-refractivity contribution is -0.0757. The van der Waals surface area contributed by atoms with Crippen molar-refractivity contribution in [3.8, 4) is 0 Å². The normalized spacial score (nSPS) is 18.4. The predicted octanol–water partition coefficient (Wildman–Crippen LogP) is 2.07. The van der Waals surface area contributed by atoms with Crippen molar-refractivity contribution in [1.82, 2.24) is 10.3 Å². The molecule has 2 aromatic rings. The van der Waals surface area contributed by atoms with Crippen molar-refractivity contribution in [1.29, 1.82) is 0 Å². The van der Waals surface area contributed by atoms with E-state index in [0.717, 1.165) is 24.8 Å². The van der Waals surface area contributed by atoms with Crippen LogP contribution >= 0.6 is 11.3 Å². The first kappa shape index (κ1) is 18.3. The van der Waals surface area contributed by atoms with Crippen LogP contribution in [0.25, 0.3) is 0 Å². The summed E-state index contributed by atoms with van der Waals surface area (Å²) < 4.78 is 20.3. The summed E-state index contributed by atoms with van der Waals surface area (Å²) in [5, 5.41) is 11.6. The fraction of sp³-hybridized carbons (Fsp3) is 0.474. The van der Waals surface area contributed by atoms with Gasteiger partial charge in [-0.2, -0.15) is 0 Å². The number of fused-ring (bicyclic) bond motifs is 2. The Morgan fingerprint density at radius 2 is 2.26 bits per heavy atom. The number of nitrogens with one attached hydrogen (secondary N) is 1. The monoisotopic (exact) mass is 391 g/mol. The van der Waals surface area contributed by atoms with E-state index in [9.17, 15) is 9.18 Å². The van der Waals surface area contributed by atoms with Crippen molar-refractivity contribution in [2.24, 2.45) is 0 Å². The first-order chi connectivity index (χ1) is 13.1. The molecule has 2 aliphatic heterocycles.